The summed E-state index contributed by atoms with van der Waals surface area (Å²) in [6.07, 6.45) is 2.01. The van der Waals surface area contributed by atoms with Gasteiger partial charge in [-0.2, -0.15) is 0 Å². The molecule has 0 heterocycles. The van der Waals surface area contributed by atoms with E-state index in [-0.39, 0.29) is 0 Å². The first-order valence-electron chi connectivity index (χ1n) is 5.43. The number of carboxylic acid groups (broad SMARTS) is 2. The Labute approximate surface area is 104 Å². The second-order valence-electron chi connectivity index (χ2n) is 4.49. The van der Waals surface area contributed by atoms with Gasteiger partial charge in [0.15, 0.2) is 0 Å². The van der Waals surface area contributed by atoms with Gasteiger partial charge in [-0.05, 0) is 13.8 Å². The van der Waals surface area contributed by atoms with Gasteiger partial charge in [-0.1, -0.05) is 24.3 Å². The smallest absolute Gasteiger partial charge is 0.320 e. The number of hydrogen-bond acceptors (Lipinski definition) is 4. The molecule has 1 aliphatic carbocycles. The van der Waals surface area contributed by atoms with E-state index in [4.69, 9.17) is 10.2 Å². The summed E-state index contributed by atoms with van der Waals surface area (Å²) in [5.41, 5.74) is -3.32. The minimum Gasteiger partial charge on any atom is -0.480 e. The maximum atomic E-state index is 11.2. The molecule has 0 aliphatic heterocycles. The van der Waals surface area contributed by atoms with Crippen molar-refractivity contribution in [3.8, 4) is 0 Å². The summed E-state index contributed by atoms with van der Waals surface area (Å²) in [6.45, 7) is 2.61. The van der Waals surface area contributed by atoms with Gasteiger partial charge in [0.1, 0.15) is 10.8 Å². The third-order valence-electron chi connectivity index (χ3n) is 3.39. The van der Waals surface area contributed by atoms with Crippen molar-refractivity contribution in [3.05, 3.63) is 24.3 Å². The first-order chi connectivity index (χ1) is 8.19. The molecule has 0 amide bonds. The molecule has 0 bridgehead atoms. The minimum atomic E-state index is -1.66. The quantitative estimate of drug-likeness (QED) is 0.527. The molecule has 0 aromatic carbocycles. The van der Waals surface area contributed by atoms with Crippen LogP contribution in [0.25, 0.3) is 0 Å². The molecule has 0 fully saturated rings. The van der Waals surface area contributed by atoms with Gasteiger partial charge >= 0.3 is 11.9 Å². The number of carbonyl (C=O) groups is 2. The van der Waals surface area contributed by atoms with Gasteiger partial charge in [-0.25, -0.2) is 0 Å². The van der Waals surface area contributed by atoms with Crippen molar-refractivity contribution < 1.29 is 30.0 Å². The van der Waals surface area contributed by atoms with Crippen molar-refractivity contribution in [2.24, 2.45) is 10.8 Å². The molecule has 100 valence electrons. The van der Waals surface area contributed by atoms with E-state index in [1.54, 1.807) is 0 Å². The SMILES string of the molecule is CC(O)C1(C(=O)O)C=CC(C(=O)O)(C(C)O)C=C1. The topological polar surface area (TPSA) is 115 Å². The number of hydrogen-bond donors (Lipinski definition) is 4. The number of aliphatic hydroxyl groups is 2. The molecule has 0 radical (unpaired) electrons. The van der Waals surface area contributed by atoms with E-state index in [0.717, 1.165) is 24.3 Å². The third kappa shape index (κ3) is 1.93. The zero-order chi connectivity index (χ0) is 14.1. The summed E-state index contributed by atoms with van der Waals surface area (Å²) in [7, 11) is 0. The van der Waals surface area contributed by atoms with E-state index in [2.05, 4.69) is 0 Å². The highest BCUT2D eigenvalue weighted by atomic mass is 16.4. The number of carboxylic acids is 2. The fourth-order valence-corrected chi connectivity index (χ4v) is 1.86. The number of aliphatic hydroxyl groups excluding tert-OH is 2. The van der Waals surface area contributed by atoms with Gasteiger partial charge in [0.05, 0.1) is 12.2 Å². The maximum Gasteiger partial charge on any atom is 0.320 e. The molecule has 6 nitrogen and oxygen atoms in total. The molecule has 1 aliphatic rings. The van der Waals surface area contributed by atoms with E-state index in [1.165, 1.54) is 13.8 Å². The van der Waals surface area contributed by atoms with Crippen molar-refractivity contribution >= 4 is 11.9 Å². The van der Waals surface area contributed by atoms with Crippen LogP contribution in [0.1, 0.15) is 13.8 Å². The molecular weight excluding hydrogens is 240 g/mol. The van der Waals surface area contributed by atoms with Crippen molar-refractivity contribution in [1.29, 1.82) is 0 Å². The highest BCUT2D eigenvalue weighted by Gasteiger charge is 2.47. The van der Waals surface area contributed by atoms with E-state index < -0.39 is 35.0 Å². The Balaban J connectivity index is 3.26. The third-order valence-corrected chi connectivity index (χ3v) is 3.39. The van der Waals surface area contributed by atoms with Gasteiger partial charge in [0.2, 0.25) is 0 Å². The van der Waals surface area contributed by atoms with Crippen LogP contribution < -0.4 is 0 Å². The van der Waals surface area contributed by atoms with Gasteiger partial charge in [0, 0.05) is 0 Å². The zero-order valence-corrected chi connectivity index (χ0v) is 10.1. The molecule has 0 spiro atoms. The lowest BCUT2D eigenvalue weighted by atomic mass is 9.70. The van der Waals surface area contributed by atoms with Crippen LogP contribution in [0.5, 0.6) is 0 Å². The Morgan fingerprint density at radius 1 is 0.833 bits per heavy atom. The summed E-state index contributed by atoms with van der Waals surface area (Å²) < 4.78 is 0. The summed E-state index contributed by atoms with van der Waals surface area (Å²) in [6, 6.07) is 0. The average Bonchev–Trinajstić information content (AvgIpc) is 2.27. The average molecular weight is 256 g/mol. The lowest BCUT2D eigenvalue weighted by Crippen LogP contribution is -2.45. The standard InChI is InChI=1S/C12H16O6/c1-7(13)11(9(15)16)3-5-12(6-4-11,8(2)14)10(17)18/h3-8,13-14H,1-2H3,(H,15,16)(H,17,18). The fourth-order valence-electron chi connectivity index (χ4n) is 1.86. The van der Waals surface area contributed by atoms with Gasteiger partial charge in [-0.3, -0.25) is 9.59 Å². The molecule has 18 heavy (non-hydrogen) atoms. The summed E-state index contributed by atoms with van der Waals surface area (Å²) in [4.78, 5) is 22.4. The molecule has 1 rings (SSSR count). The molecular formula is C12H16O6. The lowest BCUT2D eigenvalue weighted by molar-refractivity contribution is -0.151. The second-order valence-corrected chi connectivity index (χ2v) is 4.49. The summed E-state index contributed by atoms with van der Waals surface area (Å²) >= 11 is 0. The molecule has 0 aromatic heterocycles. The van der Waals surface area contributed by atoms with Crippen LogP contribution in [0.15, 0.2) is 24.3 Å². The number of aliphatic carboxylic acids is 2. The first-order valence-corrected chi connectivity index (χ1v) is 5.43. The van der Waals surface area contributed by atoms with E-state index in [1.807, 2.05) is 0 Å². The van der Waals surface area contributed by atoms with Crippen LogP contribution in [0.4, 0.5) is 0 Å². The predicted molar refractivity (Wildman–Crippen MR) is 61.8 cm³/mol. The Bertz CT molecular complexity index is 366. The molecule has 0 aromatic rings. The van der Waals surface area contributed by atoms with Crippen LogP contribution in [0.3, 0.4) is 0 Å². The van der Waals surface area contributed by atoms with Crippen LogP contribution in [-0.2, 0) is 9.59 Å². The normalized spacial score (nSPS) is 34.0. The van der Waals surface area contributed by atoms with E-state index in [9.17, 15) is 19.8 Å². The molecule has 4 N–H and O–H groups in total. The summed E-state index contributed by atoms with van der Waals surface area (Å²) in [5, 5.41) is 37.4. The molecule has 0 saturated carbocycles. The Kier molecular flexibility index (Phi) is 3.64. The Morgan fingerprint density at radius 2 is 1.06 bits per heavy atom. The molecule has 2 atom stereocenters. The van der Waals surface area contributed by atoms with E-state index in [0.29, 0.717) is 0 Å². The predicted octanol–water partition coefficient (Wildman–Crippen LogP) is 0.0160. The Hall–Kier alpha value is -1.66. The van der Waals surface area contributed by atoms with Crippen LogP contribution in [-0.4, -0.2) is 44.6 Å². The Morgan fingerprint density at radius 3 is 1.17 bits per heavy atom. The van der Waals surface area contributed by atoms with Crippen LogP contribution in [0, 0.1) is 10.8 Å². The highest BCUT2D eigenvalue weighted by molar-refractivity contribution is 5.85. The maximum absolute atomic E-state index is 11.2. The molecule has 0 saturated heterocycles. The molecule has 2 unspecified atom stereocenters. The first kappa shape index (κ1) is 14.4. The van der Waals surface area contributed by atoms with Gasteiger partial charge in [0.25, 0.3) is 0 Å². The van der Waals surface area contributed by atoms with Gasteiger partial charge in [-0.15, -0.1) is 0 Å². The van der Waals surface area contributed by atoms with Crippen LogP contribution >= 0.6 is 0 Å². The van der Waals surface area contributed by atoms with Crippen molar-refractivity contribution in [2.45, 2.75) is 26.1 Å². The monoisotopic (exact) mass is 256 g/mol. The lowest BCUT2D eigenvalue weighted by Gasteiger charge is -2.34. The zero-order valence-electron chi connectivity index (χ0n) is 10.1. The summed E-state index contributed by atoms with van der Waals surface area (Å²) in [5.74, 6) is -2.57. The molecule has 6 heteroatoms. The highest BCUT2D eigenvalue weighted by Crippen LogP contribution is 2.38. The minimum absolute atomic E-state index is 1.11. The van der Waals surface area contributed by atoms with Gasteiger partial charge < -0.3 is 20.4 Å². The largest absolute Gasteiger partial charge is 0.480 e. The van der Waals surface area contributed by atoms with Crippen molar-refractivity contribution in [2.75, 3.05) is 0 Å². The van der Waals surface area contributed by atoms with Crippen molar-refractivity contribution in [1.82, 2.24) is 0 Å². The second kappa shape index (κ2) is 4.55. The van der Waals surface area contributed by atoms with E-state index >= 15 is 0 Å². The fraction of sp³-hybridized carbons (Fsp3) is 0.500. The van der Waals surface area contributed by atoms with Crippen LogP contribution in [0.2, 0.25) is 0 Å². The van der Waals surface area contributed by atoms with Crippen molar-refractivity contribution in [3.63, 3.8) is 0 Å². The number of rotatable bonds is 4.